The predicted molar refractivity (Wildman–Crippen MR) is 154 cm³/mol. The third kappa shape index (κ3) is 5.85. The zero-order valence-electron chi connectivity index (χ0n) is 22.6. The number of fused-ring (bicyclic) bond motifs is 1. The van der Waals surface area contributed by atoms with Gasteiger partial charge in [-0.1, -0.05) is 81.4 Å². The fourth-order valence-corrected chi connectivity index (χ4v) is 4.74. The second-order valence-electron chi connectivity index (χ2n) is 10.9. The van der Waals surface area contributed by atoms with Crippen LogP contribution in [-0.4, -0.2) is 25.2 Å². The fraction of sp³-hybridized carbons (Fsp3) is 0.242. The van der Waals surface area contributed by atoms with Gasteiger partial charge in [0.05, 0.1) is 18.9 Å². The van der Waals surface area contributed by atoms with Gasteiger partial charge in [-0.25, -0.2) is 10.2 Å². The van der Waals surface area contributed by atoms with Crippen LogP contribution in [0.4, 0.5) is 0 Å². The number of benzene rings is 4. The summed E-state index contributed by atoms with van der Waals surface area (Å²) in [5.74, 6) is 0.280. The normalized spacial score (nSPS) is 16.7. The van der Waals surface area contributed by atoms with Crippen LogP contribution in [0.15, 0.2) is 90.0 Å². The van der Waals surface area contributed by atoms with E-state index >= 15 is 0 Å². The van der Waals surface area contributed by atoms with Crippen molar-refractivity contribution in [2.24, 2.45) is 11.0 Å². The minimum absolute atomic E-state index is 0.0759. The number of nitrogens with zero attached hydrogens (tertiary/aromatic N) is 1. The summed E-state index contributed by atoms with van der Waals surface area (Å²) >= 11 is 0. The van der Waals surface area contributed by atoms with E-state index in [2.05, 4.69) is 55.6 Å². The molecule has 6 nitrogen and oxygen atoms in total. The molecule has 1 N–H and O–H groups in total. The minimum atomic E-state index is -0.467. The monoisotopic (exact) mass is 520 g/mol. The lowest BCUT2D eigenvalue weighted by Crippen LogP contribution is -2.20. The van der Waals surface area contributed by atoms with Crippen molar-refractivity contribution in [3.63, 3.8) is 0 Å². The van der Waals surface area contributed by atoms with Gasteiger partial charge in [0, 0.05) is 5.92 Å². The van der Waals surface area contributed by atoms with E-state index in [0.717, 1.165) is 17.2 Å². The van der Waals surface area contributed by atoms with Crippen molar-refractivity contribution in [1.29, 1.82) is 0 Å². The van der Waals surface area contributed by atoms with Gasteiger partial charge in [0.1, 0.15) is 0 Å². The van der Waals surface area contributed by atoms with E-state index in [1.54, 1.807) is 30.5 Å². The topological polar surface area (TPSA) is 77.0 Å². The Morgan fingerprint density at radius 2 is 1.67 bits per heavy atom. The van der Waals surface area contributed by atoms with Gasteiger partial charge in [-0.3, -0.25) is 4.79 Å². The zero-order valence-corrected chi connectivity index (χ0v) is 22.6. The molecule has 0 radical (unpaired) electrons. The third-order valence-corrected chi connectivity index (χ3v) is 7.12. The van der Waals surface area contributed by atoms with E-state index < -0.39 is 5.97 Å². The number of carbonyl (C=O) groups is 2. The minimum Gasteiger partial charge on any atom is -0.493 e. The first kappa shape index (κ1) is 26.2. The maximum atomic E-state index is 12.9. The third-order valence-electron chi connectivity index (χ3n) is 7.12. The van der Waals surface area contributed by atoms with Gasteiger partial charge < -0.3 is 9.47 Å². The smallest absolute Gasteiger partial charge is 0.344 e. The second kappa shape index (κ2) is 10.7. The number of nitrogens with one attached hydrogen (secondary N) is 1. The molecule has 2 atom stereocenters. The summed E-state index contributed by atoms with van der Waals surface area (Å²) < 4.78 is 11.1. The molecule has 4 aromatic rings. The number of hydrogen-bond acceptors (Lipinski definition) is 5. The lowest BCUT2D eigenvalue weighted by atomic mass is 9.86. The fourth-order valence-electron chi connectivity index (χ4n) is 4.74. The molecule has 4 aromatic carbocycles. The second-order valence-corrected chi connectivity index (χ2v) is 10.9. The number of rotatable bonds is 7. The van der Waals surface area contributed by atoms with Crippen LogP contribution in [0.1, 0.15) is 60.2 Å². The summed E-state index contributed by atoms with van der Waals surface area (Å²) in [6, 6.07) is 26.9. The molecule has 1 fully saturated rings. The molecule has 0 aliphatic heterocycles. The molecular weight excluding hydrogens is 488 g/mol. The lowest BCUT2D eigenvalue weighted by Gasteiger charge is -2.19. The Hall–Kier alpha value is -4.45. The molecule has 1 aliphatic rings. The van der Waals surface area contributed by atoms with Crippen molar-refractivity contribution in [3.05, 3.63) is 107 Å². The lowest BCUT2D eigenvalue weighted by molar-refractivity contribution is -0.122. The maximum absolute atomic E-state index is 12.9. The molecule has 0 heterocycles. The van der Waals surface area contributed by atoms with Crippen molar-refractivity contribution >= 4 is 28.9 Å². The number of hydrazone groups is 1. The first-order valence-corrected chi connectivity index (χ1v) is 13.1. The van der Waals surface area contributed by atoms with Crippen LogP contribution in [-0.2, 0) is 10.2 Å². The van der Waals surface area contributed by atoms with Crippen molar-refractivity contribution in [2.45, 2.75) is 38.5 Å². The van der Waals surface area contributed by atoms with Crippen LogP contribution in [0.5, 0.6) is 11.5 Å². The Bertz CT molecular complexity index is 1550. The van der Waals surface area contributed by atoms with Gasteiger partial charge >= 0.3 is 5.97 Å². The van der Waals surface area contributed by atoms with Gasteiger partial charge in [-0.15, -0.1) is 0 Å². The van der Waals surface area contributed by atoms with Gasteiger partial charge in [-0.05, 0) is 69.5 Å². The first-order chi connectivity index (χ1) is 18.7. The Morgan fingerprint density at radius 3 is 2.41 bits per heavy atom. The molecule has 1 amide bonds. The summed E-state index contributed by atoms with van der Waals surface area (Å²) in [7, 11) is 1.51. The van der Waals surface area contributed by atoms with E-state index in [0.29, 0.717) is 22.6 Å². The van der Waals surface area contributed by atoms with Crippen molar-refractivity contribution < 1.29 is 19.1 Å². The highest BCUT2D eigenvalue weighted by Gasteiger charge is 2.44. The summed E-state index contributed by atoms with van der Waals surface area (Å²) in [6.07, 6.45) is 2.37. The first-order valence-electron chi connectivity index (χ1n) is 13.1. The van der Waals surface area contributed by atoms with Crippen LogP contribution in [0, 0.1) is 5.92 Å². The van der Waals surface area contributed by atoms with Gasteiger partial charge in [0.2, 0.25) is 5.91 Å². The highest BCUT2D eigenvalue weighted by Crippen LogP contribution is 2.47. The van der Waals surface area contributed by atoms with Crippen LogP contribution in [0.2, 0.25) is 0 Å². The largest absolute Gasteiger partial charge is 0.493 e. The van der Waals surface area contributed by atoms with E-state index in [4.69, 9.17) is 9.47 Å². The van der Waals surface area contributed by atoms with Gasteiger partial charge in [-0.2, -0.15) is 5.10 Å². The molecular formula is C33H32N2O4. The van der Waals surface area contributed by atoms with Crippen molar-refractivity contribution in [1.82, 2.24) is 5.43 Å². The molecule has 0 bridgehead atoms. The van der Waals surface area contributed by atoms with E-state index in [1.807, 2.05) is 36.4 Å². The standard InChI is InChI=1S/C33H32N2O4/c1-33(2,3)24-15-13-23(14-16-24)27-19-28(27)31(36)35-34-20-21-12-17-29(30(18-21)38-4)39-32(37)26-11-7-9-22-8-5-6-10-25(22)26/h5-18,20,27-28H,19H2,1-4H3,(H,35,36). The van der Waals surface area contributed by atoms with Crippen molar-refractivity contribution in [2.75, 3.05) is 7.11 Å². The Morgan fingerprint density at radius 1 is 0.923 bits per heavy atom. The Labute approximate surface area is 228 Å². The van der Waals surface area contributed by atoms with E-state index in [9.17, 15) is 9.59 Å². The molecule has 198 valence electrons. The molecule has 0 aromatic heterocycles. The summed E-state index contributed by atoms with van der Waals surface area (Å²) in [5.41, 5.74) is 6.40. The summed E-state index contributed by atoms with van der Waals surface area (Å²) in [4.78, 5) is 25.6. The number of hydrogen-bond donors (Lipinski definition) is 1. The van der Waals surface area contributed by atoms with Crippen LogP contribution in [0.25, 0.3) is 10.8 Å². The summed E-state index contributed by atoms with van der Waals surface area (Å²) in [6.45, 7) is 6.57. The number of amides is 1. The van der Waals surface area contributed by atoms with Crippen molar-refractivity contribution in [3.8, 4) is 11.5 Å². The highest BCUT2D eigenvalue weighted by atomic mass is 16.6. The molecule has 0 saturated heterocycles. The number of carbonyl (C=O) groups excluding carboxylic acids is 2. The Balaban J connectivity index is 1.20. The van der Waals surface area contributed by atoms with E-state index in [-0.39, 0.29) is 23.2 Å². The molecule has 6 heteroatoms. The molecule has 1 aliphatic carbocycles. The molecule has 5 rings (SSSR count). The predicted octanol–water partition coefficient (Wildman–Crippen LogP) is 6.62. The van der Waals surface area contributed by atoms with Gasteiger partial charge in [0.25, 0.3) is 0 Å². The average molecular weight is 521 g/mol. The molecule has 1 saturated carbocycles. The quantitative estimate of drug-likeness (QED) is 0.129. The van der Waals surface area contributed by atoms with E-state index in [1.165, 1.54) is 18.2 Å². The molecule has 39 heavy (non-hydrogen) atoms. The number of esters is 1. The molecule has 2 unspecified atom stereocenters. The maximum Gasteiger partial charge on any atom is 0.344 e. The zero-order chi connectivity index (χ0) is 27.6. The number of ether oxygens (including phenoxy) is 2. The van der Waals surface area contributed by atoms with Gasteiger partial charge in [0.15, 0.2) is 11.5 Å². The SMILES string of the molecule is COc1cc(C=NNC(=O)C2CC2c2ccc(C(C)(C)C)cc2)ccc1OC(=O)c1cccc2ccccc12. The van der Waals surface area contributed by atoms with Crippen LogP contribution in [0.3, 0.4) is 0 Å². The molecule has 0 spiro atoms. The number of methoxy groups -OCH3 is 1. The van der Waals surface area contributed by atoms with Crippen LogP contribution < -0.4 is 14.9 Å². The average Bonchev–Trinajstić information content (AvgIpc) is 3.74. The summed E-state index contributed by atoms with van der Waals surface area (Å²) in [5, 5.41) is 5.92. The highest BCUT2D eigenvalue weighted by molar-refractivity contribution is 6.05. The Kier molecular flexibility index (Phi) is 7.20. The van der Waals surface area contributed by atoms with Crippen LogP contribution >= 0.6 is 0 Å².